The monoisotopic (exact) mass is 219 g/mol. The van der Waals surface area contributed by atoms with Gasteiger partial charge in [-0.2, -0.15) is 0 Å². The fourth-order valence-corrected chi connectivity index (χ4v) is 2.37. The fraction of sp³-hybridized carbons (Fsp3) is 0.462. The second-order valence-corrected chi connectivity index (χ2v) is 4.50. The first-order chi connectivity index (χ1) is 7.61. The largest absolute Gasteiger partial charge is 0.453 e. The van der Waals surface area contributed by atoms with Crippen LogP contribution in [-0.4, -0.2) is 13.2 Å². The highest BCUT2D eigenvalue weighted by molar-refractivity contribution is 5.68. The number of benzene rings is 1. The summed E-state index contributed by atoms with van der Waals surface area (Å²) >= 11 is 0. The molecule has 0 aliphatic heterocycles. The van der Waals surface area contributed by atoms with Gasteiger partial charge in [-0.1, -0.05) is 30.7 Å². The molecule has 0 bridgehead atoms. The standard InChI is InChI=1S/C13H17NO2/c1-8-4-5-10-7-9(2)12(11(10)6-8)14-13(15)16-3/h4-6,9,12H,7H2,1-3H3,(H,14,15)/t9-,12-/m1/s1. The van der Waals surface area contributed by atoms with Crippen molar-refractivity contribution < 1.29 is 9.53 Å². The molecule has 0 heterocycles. The number of carbonyl (C=O) groups excluding carboxylic acids is 1. The fourth-order valence-electron chi connectivity index (χ4n) is 2.37. The van der Waals surface area contributed by atoms with Crippen LogP contribution in [0.3, 0.4) is 0 Å². The zero-order chi connectivity index (χ0) is 11.7. The molecule has 1 aromatic carbocycles. The first-order valence-corrected chi connectivity index (χ1v) is 5.55. The second kappa shape index (κ2) is 4.16. The van der Waals surface area contributed by atoms with Gasteiger partial charge in [0.2, 0.25) is 0 Å². The maximum Gasteiger partial charge on any atom is 0.407 e. The van der Waals surface area contributed by atoms with E-state index in [2.05, 4.69) is 42.1 Å². The van der Waals surface area contributed by atoms with Crippen molar-refractivity contribution in [3.63, 3.8) is 0 Å². The summed E-state index contributed by atoms with van der Waals surface area (Å²) in [6, 6.07) is 6.51. The van der Waals surface area contributed by atoms with Crippen LogP contribution in [0.15, 0.2) is 18.2 Å². The van der Waals surface area contributed by atoms with Crippen molar-refractivity contribution in [1.29, 1.82) is 0 Å². The highest BCUT2D eigenvalue weighted by atomic mass is 16.5. The molecule has 0 spiro atoms. The number of rotatable bonds is 1. The lowest BCUT2D eigenvalue weighted by molar-refractivity contribution is 0.163. The van der Waals surface area contributed by atoms with Gasteiger partial charge < -0.3 is 10.1 Å². The predicted molar refractivity (Wildman–Crippen MR) is 62.3 cm³/mol. The third-order valence-corrected chi connectivity index (χ3v) is 3.21. The molecule has 1 N–H and O–H groups in total. The summed E-state index contributed by atoms with van der Waals surface area (Å²) in [5.41, 5.74) is 3.79. The Hall–Kier alpha value is -1.51. The van der Waals surface area contributed by atoms with E-state index in [0.717, 1.165) is 6.42 Å². The molecule has 1 aliphatic rings. The molecule has 0 unspecified atom stereocenters. The highest BCUT2D eigenvalue weighted by Crippen LogP contribution is 2.36. The van der Waals surface area contributed by atoms with Crippen molar-refractivity contribution in [2.75, 3.05) is 7.11 Å². The highest BCUT2D eigenvalue weighted by Gasteiger charge is 2.30. The lowest BCUT2D eigenvalue weighted by Gasteiger charge is -2.17. The average molecular weight is 219 g/mol. The van der Waals surface area contributed by atoms with Crippen LogP contribution in [0, 0.1) is 12.8 Å². The van der Waals surface area contributed by atoms with E-state index in [9.17, 15) is 4.79 Å². The minimum Gasteiger partial charge on any atom is -0.453 e. The maximum absolute atomic E-state index is 11.3. The third-order valence-electron chi connectivity index (χ3n) is 3.21. The molecule has 1 aromatic rings. The van der Waals surface area contributed by atoms with E-state index >= 15 is 0 Å². The van der Waals surface area contributed by atoms with E-state index in [1.807, 2.05) is 0 Å². The number of fused-ring (bicyclic) bond motifs is 1. The predicted octanol–water partition coefficient (Wildman–Crippen LogP) is 2.58. The number of hydrogen-bond acceptors (Lipinski definition) is 2. The van der Waals surface area contributed by atoms with Crippen molar-refractivity contribution in [2.45, 2.75) is 26.3 Å². The van der Waals surface area contributed by atoms with Gasteiger partial charge in [0.1, 0.15) is 0 Å². The van der Waals surface area contributed by atoms with Crippen LogP contribution in [0.2, 0.25) is 0 Å². The Balaban J connectivity index is 2.27. The average Bonchev–Trinajstić information content (AvgIpc) is 2.55. The van der Waals surface area contributed by atoms with Gasteiger partial charge in [0, 0.05) is 0 Å². The number of alkyl carbamates (subject to hydrolysis) is 1. The van der Waals surface area contributed by atoms with E-state index in [-0.39, 0.29) is 12.1 Å². The Bertz CT molecular complexity index is 414. The van der Waals surface area contributed by atoms with E-state index in [0.29, 0.717) is 5.92 Å². The van der Waals surface area contributed by atoms with Crippen molar-refractivity contribution in [2.24, 2.45) is 5.92 Å². The SMILES string of the molecule is COC(=O)N[C@H]1c2cc(C)ccc2C[C@H]1C. The second-order valence-electron chi connectivity index (χ2n) is 4.50. The van der Waals surface area contributed by atoms with Gasteiger partial charge in [-0.15, -0.1) is 0 Å². The molecule has 0 fully saturated rings. The van der Waals surface area contributed by atoms with Crippen LogP contribution < -0.4 is 5.32 Å². The summed E-state index contributed by atoms with van der Waals surface area (Å²) in [4.78, 5) is 11.3. The molecule has 86 valence electrons. The van der Waals surface area contributed by atoms with Gasteiger partial charge in [0.15, 0.2) is 0 Å². The van der Waals surface area contributed by atoms with Crippen LogP contribution in [0.5, 0.6) is 0 Å². The zero-order valence-corrected chi connectivity index (χ0v) is 9.91. The Morgan fingerprint density at radius 2 is 2.25 bits per heavy atom. The van der Waals surface area contributed by atoms with Crippen LogP contribution >= 0.6 is 0 Å². The number of ether oxygens (including phenoxy) is 1. The quantitative estimate of drug-likeness (QED) is 0.788. The van der Waals surface area contributed by atoms with Gasteiger partial charge in [-0.3, -0.25) is 0 Å². The topological polar surface area (TPSA) is 38.3 Å². The molecule has 0 radical (unpaired) electrons. The van der Waals surface area contributed by atoms with Crippen LogP contribution in [0.1, 0.15) is 29.7 Å². The van der Waals surface area contributed by atoms with E-state index in [1.54, 1.807) is 0 Å². The van der Waals surface area contributed by atoms with Crippen molar-refractivity contribution in [3.05, 3.63) is 34.9 Å². The number of methoxy groups -OCH3 is 1. The summed E-state index contributed by atoms with van der Waals surface area (Å²) in [6.45, 7) is 4.22. The lowest BCUT2D eigenvalue weighted by Crippen LogP contribution is -2.30. The van der Waals surface area contributed by atoms with Gasteiger partial charge >= 0.3 is 6.09 Å². The maximum atomic E-state index is 11.3. The Kier molecular flexibility index (Phi) is 2.86. The van der Waals surface area contributed by atoms with E-state index in [1.165, 1.54) is 23.8 Å². The molecule has 3 heteroatoms. The van der Waals surface area contributed by atoms with Crippen LogP contribution in [0.4, 0.5) is 4.79 Å². The van der Waals surface area contributed by atoms with Gasteiger partial charge in [-0.05, 0) is 30.4 Å². The Morgan fingerprint density at radius 3 is 2.94 bits per heavy atom. The van der Waals surface area contributed by atoms with E-state index < -0.39 is 0 Å². The molecular weight excluding hydrogens is 202 g/mol. The molecular formula is C13H17NO2. The summed E-state index contributed by atoms with van der Waals surface area (Å²) in [5, 5.41) is 2.90. The van der Waals surface area contributed by atoms with Gasteiger partial charge in [0.25, 0.3) is 0 Å². The number of aryl methyl sites for hydroxylation is 1. The molecule has 2 atom stereocenters. The van der Waals surface area contributed by atoms with Gasteiger partial charge in [0.05, 0.1) is 13.2 Å². The van der Waals surface area contributed by atoms with Crippen molar-refractivity contribution in [1.82, 2.24) is 5.32 Å². The van der Waals surface area contributed by atoms with Crippen LogP contribution in [-0.2, 0) is 11.2 Å². The Labute approximate surface area is 95.8 Å². The van der Waals surface area contributed by atoms with Crippen molar-refractivity contribution in [3.8, 4) is 0 Å². The molecule has 2 rings (SSSR count). The summed E-state index contributed by atoms with van der Waals surface area (Å²) in [5.74, 6) is 0.427. The van der Waals surface area contributed by atoms with E-state index in [4.69, 9.17) is 0 Å². The van der Waals surface area contributed by atoms with Crippen molar-refractivity contribution >= 4 is 6.09 Å². The zero-order valence-electron chi connectivity index (χ0n) is 9.91. The minimum absolute atomic E-state index is 0.0855. The lowest BCUT2D eigenvalue weighted by atomic mass is 10.0. The molecule has 1 amide bonds. The summed E-state index contributed by atoms with van der Waals surface area (Å²) in [7, 11) is 1.39. The molecule has 0 saturated carbocycles. The smallest absolute Gasteiger partial charge is 0.407 e. The number of hydrogen-bond donors (Lipinski definition) is 1. The van der Waals surface area contributed by atoms with Crippen LogP contribution in [0.25, 0.3) is 0 Å². The normalized spacial score (nSPS) is 22.7. The molecule has 0 aromatic heterocycles. The minimum atomic E-state index is -0.355. The summed E-state index contributed by atoms with van der Waals surface area (Å²) < 4.78 is 4.66. The molecule has 16 heavy (non-hydrogen) atoms. The summed E-state index contributed by atoms with van der Waals surface area (Å²) in [6.07, 6.45) is 0.663. The number of nitrogens with one attached hydrogen (secondary N) is 1. The first-order valence-electron chi connectivity index (χ1n) is 5.55. The molecule has 1 aliphatic carbocycles. The van der Waals surface area contributed by atoms with Gasteiger partial charge in [-0.25, -0.2) is 4.79 Å². The third kappa shape index (κ3) is 1.90. The first kappa shape index (κ1) is 11.0. The molecule has 0 saturated heterocycles. The molecule has 3 nitrogen and oxygen atoms in total. The number of amides is 1. The number of carbonyl (C=O) groups is 1. The Morgan fingerprint density at radius 1 is 1.50 bits per heavy atom.